The number of rotatable bonds is 5. The van der Waals surface area contributed by atoms with Gasteiger partial charge in [-0.15, -0.1) is 0 Å². The minimum atomic E-state index is -0.480. The lowest BCUT2D eigenvalue weighted by atomic mass is 10.0. The number of halogens is 2. The Morgan fingerprint density at radius 1 is 1.17 bits per heavy atom. The Morgan fingerprint density at radius 2 is 1.87 bits per heavy atom. The van der Waals surface area contributed by atoms with Crippen molar-refractivity contribution in [2.75, 3.05) is 18.4 Å². The van der Waals surface area contributed by atoms with Gasteiger partial charge in [-0.1, -0.05) is 23.2 Å². The average Bonchev–Trinajstić information content (AvgIpc) is 2.68. The third-order valence-corrected chi connectivity index (χ3v) is 5.67. The molecule has 1 aliphatic heterocycles. The summed E-state index contributed by atoms with van der Waals surface area (Å²) in [5.41, 5.74) is 1.33. The Kier molecular flexibility index (Phi) is 5.90. The van der Waals surface area contributed by atoms with Gasteiger partial charge in [-0.2, -0.15) is 0 Å². The van der Waals surface area contributed by atoms with E-state index in [1.165, 1.54) is 12.4 Å². The van der Waals surface area contributed by atoms with Crippen LogP contribution in [0.5, 0.6) is 0 Å². The number of nitro benzene ring substituents is 1. The van der Waals surface area contributed by atoms with E-state index in [0.29, 0.717) is 21.2 Å². The molecule has 0 saturated carbocycles. The molecule has 4 rings (SSSR count). The van der Waals surface area contributed by atoms with Gasteiger partial charge in [0.25, 0.3) is 11.2 Å². The molecule has 30 heavy (non-hydrogen) atoms. The lowest BCUT2D eigenvalue weighted by Crippen LogP contribution is -2.38. The van der Waals surface area contributed by atoms with Gasteiger partial charge in [-0.3, -0.25) is 19.8 Å². The van der Waals surface area contributed by atoms with E-state index >= 15 is 0 Å². The van der Waals surface area contributed by atoms with Gasteiger partial charge < -0.3 is 10.3 Å². The van der Waals surface area contributed by atoms with Crippen molar-refractivity contribution in [1.29, 1.82) is 0 Å². The minimum Gasteiger partial charge on any atom is -0.377 e. The van der Waals surface area contributed by atoms with Gasteiger partial charge in [0.2, 0.25) is 0 Å². The van der Waals surface area contributed by atoms with Crippen LogP contribution in [0.2, 0.25) is 10.0 Å². The number of nitrogens with zero attached hydrogens (tertiary/aromatic N) is 3. The summed E-state index contributed by atoms with van der Waals surface area (Å²) in [6.45, 7) is 2.41. The molecule has 0 amide bonds. The molecule has 0 unspecified atom stereocenters. The van der Waals surface area contributed by atoms with E-state index in [0.717, 1.165) is 38.0 Å². The van der Waals surface area contributed by atoms with Gasteiger partial charge in [0.1, 0.15) is 5.69 Å². The molecule has 2 N–H and O–H groups in total. The highest BCUT2D eigenvalue weighted by Gasteiger charge is 2.23. The highest BCUT2D eigenvalue weighted by molar-refractivity contribution is 6.34. The fourth-order valence-corrected chi connectivity index (χ4v) is 4.36. The molecule has 1 aliphatic rings. The second-order valence-electron chi connectivity index (χ2n) is 7.35. The fraction of sp³-hybridized carbons (Fsp3) is 0.300. The van der Waals surface area contributed by atoms with Crippen LogP contribution >= 0.6 is 23.2 Å². The summed E-state index contributed by atoms with van der Waals surface area (Å²) in [5, 5.41) is 16.2. The van der Waals surface area contributed by atoms with E-state index in [4.69, 9.17) is 23.2 Å². The number of H-pyrrole nitrogens is 1. The smallest absolute Gasteiger partial charge is 0.293 e. The highest BCUT2D eigenvalue weighted by Crippen LogP contribution is 2.30. The van der Waals surface area contributed by atoms with Crippen molar-refractivity contribution >= 4 is 45.5 Å². The second-order valence-corrected chi connectivity index (χ2v) is 8.22. The maximum Gasteiger partial charge on any atom is 0.293 e. The monoisotopic (exact) mass is 447 g/mol. The predicted octanol–water partition coefficient (Wildman–Crippen LogP) is 4.21. The van der Waals surface area contributed by atoms with E-state index in [2.05, 4.69) is 20.2 Å². The fourth-order valence-electron chi connectivity index (χ4n) is 3.79. The molecule has 2 heterocycles. The zero-order valence-corrected chi connectivity index (χ0v) is 17.4. The lowest BCUT2D eigenvalue weighted by molar-refractivity contribution is -0.383. The van der Waals surface area contributed by atoms with E-state index in [9.17, 15) is 14.9 Å². The molecule has 3 aromatic rings. The average molecular weight is 448 g/mol. The summed E-state index contributed by atoms with van der Waals surface area (Å²) in [6, 6.07) is 8.46. The minimum absolute atomic E-state index is 0.0855. The van der Waals surface area contributed by atoms with Gasteiger partial charge in [0, 0.05) is 41.8 Å². The standard InChI is InChI=1S/C20H19Cl2N5O3/c21-13-5-12(6-14(22)7-13)10-26-3-1-15(2-4-26)25-18-9-17-16(8-19(18)27(29)30)20(28)24-11-23-17/h5-9,11,15,25H,1-4,10H2,(H,23,24,28). The van der Waals surface area contributed by atoms with Gasteiger partial charge in [-0.25, -0.2) is 4.98 Å². The molecule has 0 aliphatic carbocycles. The van der Waals surface area contributed by atoms with Crippen LogP contribution in [-0.4, -0.2) is 38.9 Å². The molecule has 0 atom stereocenters. The number of fused-ring (bicyclic) bond motifs is 1. The van der Waals surface area contributed by atoms with Crippen LogP contribution in [0.25, 0.3) is 10.9 Å². The third-order valence-electron chi connectivity index (χ3n) is 5.23. The summed E-state index contributed by atoms with van der Waals surface area (Å²) < 4.78 is 0. The normalized spacial score (nSPS) is 15.4. The van der Waals surface area contributed by atoms with Crippen molar-refractivity contribution in [1.82, 2.24) is 14.9 Å². The Labute approximate surface area is 182 Å². The third kappa shape index (κ3) is 4.56. The van der Waals surface area contributed by atoms with Crippen LogP contribution in [0, 0.1) is 10.1 Å². The first-order valence-corrected chi connectivity index (χ1v) is 10.2. The molecule has 2 aromatic carbocycles. The maximum atomic E-state index is 11.9. The zero-order chi connectivity index (χ0) is 21.3. The Morgan fingerprint density at radius 3 is 2.53 bits per heavy atom. The van der Waals surface area contributed by atoms with Crippen LogP contribution in [0.4, 0.5) is 11.4 Å². The van der Waals surface area contributed by atoms with E-state index in [1.54, 1.807) is 12.1 Å². The predicted molar refractivity (Wildman–Crippen MR) is 117 cm³/mol. The van der Waals surface area contributed by atoms with Crippen LogP contribution in [0.15, 0.2) is 41.5 Å². The van der Waals surface area contributed by atoms with Crippen molar-refractivity contribution < 1.29 is 4.92 Å². The molecule has 0 spiro atoms. The first-order valence-electron chi connectivity index (χ1n) is 9.49. The molecule has 8 nitrogen and oxygen atoms in total. The maximum absolute atomic E-state index is 11.9. The quantitative estimate of drug-likeness (QED) is 0.448. The Hall–Kier alpha value is -2.68. The number of aromatic amines is 1. The number of nitrogens with one attached hydrogen (secondary N) is 2. The molecular formula is C20H19Cl2N5O3. The Bertz CT molecular complexity index is 1140. The van der Waals surface area contributed by atoms with Gasteiger partial charge in [-0.05, 0) is 42.7 Å². The summed E-state index contributed by atoms with van der Waals surface area (Å²) in [5.74, 6) is 0. The molecule has 1 saturated heterocycles. The first kappa shape index (κ1) is 20.6. The number of benzene rings is 2. The van der Waals surface area contributed by atoms with Crippen molar-refractivity contribution in [2.24, 2.45) is 0 Å². The van der Waals surface area contributed by atoms with Crippen LogP contribution in [0.1, 0.15) is 18.4 Å². The lowest BCUT2D eigenvalue weighted by Gasteiger charge is -2.32. The van der Waals surface area contributed by atoms with Gasteiger partial charge in [0.05, 0.1) is 22.2 Å². The number of hydrogen-bond donors (Lipinski definition) is 2. The molecule has 1 fully saturated rings. The van der Waals surface area contributed by atoms with Crippen molar-refractivity contribution in [3.05, 3.63) is 72.7 Å². The van der Waals surface area contributed by atoms with E-state index in [1.807, 2.05) is 12.1 Å². The van der Waals surface area contributed by atoms with Crippen LogP contribution in [-0.2, 0) is 6.54 Å². The van der Waals surface area contributed by atoms with Crippen molar-refractivity contribution in [3.63, 3.8) is 0 Å². The topological polar surface area (TPSA) is 104 Å². The van der Waals surface area contributed by atoms with Crippen LogP contribution in [0.3, 0.4) is 0 Å². The largest absolute Gasteiger partial charge is 0.377 e. The van der Waals surface area contributed by atoms with Crippen molar-refractivity contribution in [3.8, 4) is 0 Å². The SMILES string of the molecule is O=c1[nH]cnc2cc(NC3CCN(Cc4cc(Cl)cc(Cl)c4)CC3)c([N+](=O)[O-])cc12. The molecule has 10 heteroatoms. The van der Waals surface area contributed by atoms with Crippen LogP contribution < -0.4 is 10.9 Å². The second kappa shape index (κ2) is 8.59. The first-order chi connectivity index (χ1) is 14.4. The van der Waals surface area contributed by atoms with Crippen molar-refractivity contribution in [2.45, 2.75) is 25.4 Å². The summed E-state index contributed by atoms with van der Waals surface area (Å²) in [6.07, 6.45) is 2.94. The summed E-state index contributed by atoms with van der Waals surface area (Å²) >= 11 is 12.2. The molecule has 0 bridgehead atoms. The van der Waals surface area contributed by atoms with Gasteiger partial charge in [0.15, 0.2) is 0 Å². The molecular weight excluding hydrogens is 429 g/mol. The molecule has 1 aromatic heterocycles. The highest BCUT2D eigenvalue weighted by atomic mass is 35.5. The number of piperidine rings is 1. The number of likely N-dealkylation sites (tertiary alicyclic amines) is 1. The van der Waals surface area contributed by atoms with E-state index < -0.39 is 10.5 Å². The summed E-state index contributed by atoms with van der Waals surface area (Å²) in [7, 11) is 0. The molecule has 156 valence electrons. The zero-order valence-electron chi connectivity index (χ0n) is 15.9. The summed E-state index contributed by atoms with van der Waals surface area (Å²) in [4.78, 5) is 31.8. The molecule has 0 radical (unpaired) electrons. The Balaban J connectivity index is 1.46. The van der Waals surface area contributed by atoms with Gasteiger partial charge >= 0.3 is 0 Å². The number of nitro groups is 1. The number of anilines is 1. The number of aromatic nitrogens is 2. The number of hydrogen-bond acceptors (Lipinski definition) is 6. The van der Waals surface area contributed by atoms with E-state index in [-0.39, 0.29) is 17.1 Å².